The van der Waals surface area contributed by atoms with E-state index in [1.165, 1.54) is 0 Å². The molecule has 0 aliphatic rings. The number of carbonyl (C=O) groups is 1. The SMILES string of the molecule is CCCN[C@@H](CCCCN)C(=O)O. The molecule has 4 N–H and O–H groups in total. The number of hydrogen-bond acceptors (Lipinski definition) is 3. The fourth-order valence-electron chi connectivity index (χ4n) is 1.12. The topological polar surface area (TPSA) is 75.3 Å². The minimum absolute atomic E-state index is 0.397. The molecule has 4 heteroatoms. The molecule has 0 saturated carbocycles. The largest absolute Gasteiger partial charge is 0.480 e. The van der Waals surface area contributed by atoms with Crippen molar-refractivity contribution in [1.82, 2.24) is 5.32 Å². The summed E-state index contributed by atoms with van der Waals surface area (Å²) < 4.78 is 0. The Kier molecular flexibility index (Phi) is 7.63. The first-order chi connectivity index (χ1) is 6.22. The van der Waals surface area contributed by atoms with Gasteiger partial charge in [-0.2, -0.15) is 0 Å². The molecule has 0 bridgehead atoms. The monoisotopic (exact) mass is 188 g/mol. The van der Waals surface area contributed by atoms with Crippen LogP contribution in [0.4, 0.5) is 0 Å². The summed E-state index contributed by atoms with van der Waals surface area (Å²) in [5, 5.41) is 11.8. The van der Waals surface area contributed by atoms with Crippen molar-refractivity contribution in [3.05, 3.63) is 0 Å². The van der Waals surface area contributed by atoms with E-state index in [0.717, 1.165) is 25.8 Å². The van der Waals surface area contributed by atoms with E-state index in [1.807, 2.05) is 6.92 Å². The van der Waals surface area contributed by atoms with E-state index in [4.69, 9.17) is 10.8 Å². The highest BCUT2D eigenvalue weighted by Gasteiger charge is 2.14. The zero-order chi connectivity index (χ0) is 10.1. The van der Waals surface area contributed by atoms with Gasteiger partial charge >= 0.3 is 5.97 Å². The van der Waals surface area contributed by atoms with Gasteiger partial charge in [0.2, 0.25) is 0 Å². The van der Waals surface area contributed by atoms with Gasteiger partial charge in [-0.3, -0.25) is 4.79 Å². The molecule has 0 unspecified atom stereocenters. The lowest BCUT2D eigenvalue weighted by molar-refractivity contribution is -0.139. The predicted octanol–water partition coefficient (Wildman–Crippen LogP) is 0.568. The van der Waals surface area contributed by atoms with Crippen LogP contribution in [-0.4, -0.2) is 30.2 Å². The third-order valence-electron chi connectivity index (χ3n) is 1.89. The average Bonchev–Trinajstić information content (AvgIpc) is 2.10. The quantitative estimate of drug-likeness (QED) is 0.487. The van der Waals surface area contributed by atoms with Crippen LogP contribution in [0, 0.1) is 0 Å². The number of hydrogen-bond donors (Lipinski definition) is 3. The Hall–Kier alpha value is -0.610. The lowest BCUT2D eigenvalue weighted by atomic mass is 10.1. The summed E-state index contributed by atoms with van der Waals surface area (Å²) in [6, 6.07) is -0.397. The van der Waals surface area contributed by atoms with Crippen LogP contribution in [0.2, 0.25) is 0 Å². The molecule has 0 aliphatic heterocycles. The molecule has 0 fully saturated rings. The molecule has 0 aromatic heterocycles. The summed E-state index contributed by atoms with van der Waals surface area (Å²) in [7, 11) is 0. The van der Waals surface area contributed by atoms with Crippen LogP contribution in [0.1, 0.15) is 32.6 Å². The zero-order valence-electron chi connectivity index (χ0n) is 8.25. The number of carboxylic acids is 1. The van der Waals surface area contributed by atoms with Crippen LogP contribution < -0.4 is 11.1 Å². The summed E-state index contributed by atoms with van der Waals surface area (Å²) >= 11 is 0. The molecule has 0 aromatic rings. The van der Waals surface area contributed by atoms with Gasteiger partial charge in [0.1, 0.15) is 6.04 Å². The molecular weight excluding hydrogens is 168 g/mol. The maximum atomic E-state index is 10.7. The molecule has 0 saturated heterocycles. The number of carboxylic acid groups (broad SMARTS) is 1. The van der Waals surface area contributed by atoms with Crippen molar-refractivity contribution in [3.8, 4) is 0 Å². The second kappa shape index (κ2) is 8.01. The minimum Gasteiger partial charge on any atom is -0.480 e. The van der Waals surface area contributed by atoms with Crippen molar-refractivity contribution in [2.45, 2.75) is 38.6 Å². The molecular formula is C9H20N2O2. The smallest absolute Gasteiger partial charge is 0.320 e. The van der Waals surface area contributed by atoms with E-state index < -0.39 is 12.0 Å². The van der Waals surface area contributed by atoms with Gasteiger partial charge in [0.15, 0.2) is 0 Å². The van der Waals surface area contributed by atoms with E-state index in [1.54, 1.807) is 0 Å². The predicted molar refractivity (Wildman–Crippen MR) is 52.6 cm³/mol. The molecule has 0 spiro atoms. The highest BCUT2D eigenvalue weighted by atomic mass is 16.4. The first-order valence-electron chi connectivity index (χ1n) is 4.88. The van der Waals surface area contributed by atoms with Gasteiger partial charge in [-0.05, 0) is 32.4 Å². The maximum Gasteiger partial charge on any atom is 0.320 e. The molecule has 4 nitrogen and oxygen atoms in total. The van der Waals surface area contributed by atoms with Crippen LogP contribution >= 0.6 is 0 Å². The van der Waals surface area contributed by atoms with Crippen LogP contribution in [0.3, 0.4) is 0 Å². The number of aliphatic carboxylic acids is 1. The molecule has 1 atom stereocenters. The molecule has 0 aromatic carbocycles. The van der Waals surface area contributed by atoms with Crippen LogP contribution in [0.15, 0.2) is 0 Å². The third-order valence-corrected chi connectivity index (χ3v) is 1.89. The standard InChI is InChI=1S/C9H20N2O2/c1-2-7-11-8(9(12)13)5-3-4-6-10/h8,11H,2-7,10H2,1H3,(H,12,13)/t8-/m0/s1. The summed E-state index contributed by atoms with van der Waals surface area (Å²) in [6.45, 7) is 3.42. The Balaban J connectivity index is 3.61. The van der Waals surface area contributed by atoms with E-state index in [0.29, 0.717) is 13.0 Å². The lowest BCUT2D eigenvalue weighted by Crippen LogP contribution is -2.37. The first-order valence-corrected chi connectivity index (χ1v) is 4.88. The van der Waals surface area contributed by atoms with Crippen molar-refractivity contribution >= 4 is 5.97 Å². The highest BCUT2D eigenvalue weighted by molar-refractivity contribution is 5.73. The third kappa shape index (κ3) is 6.54. The normalized spacial score (nSPS) is 12.8. The van der Waals surface area contributed by atoms with Crippen LogP contribution in [0.25, 0.3) is 0 Å². The molecule has 0 rings (SSSR count). The summed E-state index contributed by atoms with van der Waals surface area (Å²) in [4.78, 5) is 10.7. The highest BCUT2D eigenvalue weighted by Crippen LogP contribution is 2.00. The Morgan fingerprint density at radius 2 is 2.23 bits per heavy atom. The van der Waals surface area contributed by atoms with Crippen LogP contribution in [-0.2, 0) is 4.79 Å². The van der Waals surface area contributed by atoms with Crippen molar-refractivity contribution in [2.24, 2.45) is 5.73 Å². The van der Waals surface area contributed by atoms with E-state index in [9.17, 15) is 4.79 Å². The Morgan fingerprint density at radius 3 is 2.69 bits per heavy atom. The molecule has 0 amide bonds. The van der Waals surface area contributed by atoms with E-state index in [2.05, 4.69) is 5.32 Å². The minimum atomic E-state index is -0.759. The number of unbranched alkanes of at least 4 members (excludes halogenated alkanes) is 1. The Labute approximate surface area is 79.5 Å². The van der Waals surface area contributed by atoms with E-state index in [-0.39, 0.29) is 0 Å². The summed E-state index contributed by atoms with van der Waals surface area (Å²) in [5.74, 6) is -0.759. The van der Waals surface area contributed by atoms with Gasteiger partial charge in [0.05, 0.1) is 0 Å². The van der Waals surface area contributed by atoms with Gasteiger partial charge in [0.25, 0.3) is 0 Å². The summed E-state index contributed by atoms with van der Waals surface area (Å²) in [5.41, 5.74) is 5.32. The molecule has 13 heavy (non-hydrogen) atoms. The number of nitrogens with one attached hydrogen (secondary N) is 1. The second-order valence-corrected chi connectivity index (χ2v) is 3.13. The van der Waals surface area contributed by atoms with Gasteiger partial charge in [-0.15, -0.1) is 0 Å². The van der Waals surface area contributed by atoms with Gasteiger partial charge < -0.3 is 16.2 Å². The van der Waals surface area contributed by atoms with Gasteiger partial charge in [-0.1, -0.05) is 13.3 Å². The van der Waals surface area contributed by atoms with Gasteiger partial charge in [0, 0.05) is 0 Å². The van der Waals surface area contributed by atoms with Crippen molar-refractivity contribution in [3.63, 3.8) is 0 Å². The second-order valence-electron chi connectivity index (χ2n) is 3.13. The average molecular weight is 188 g/mol. The summed E-state index contributed by atoms with van der Waals surface area (Å²) in [6.07, 6.45) is 3.41. The van der Waals surface area contributed by atoms with Crippen molar-refractivity contribution < 1.29 is 9.90 Å². The first kappa shape index (κ1) is 12.4. The van der Waals surface area contributed by atoms with E-state index >= 15 is 0 Å². The Bertz CT molecular complexity index is 140. The molecule has 78 valence electrons. The van der Waals surface area contributed by atoms with Crippen molar-refractivity contribution in [2.75, 3.05) is 13.1 Å². The molecule has 0 aliphatic carbocycles. The van der Waals surface area contributed by atoms with Crippen molar-refractivity contribution in [1.29, 1.82) is 0 Å². The number of nitrogens with two attached hydrogens (primary N) is 1. The fourth-order valence-corrected chi connectivity index (χ4v) is 1.12. The molecule has 0 heterocycles. The lowest BCUT2D eigenvalue weighted by Gasteiger charge is -2.12. The van der Waals surface area contributed by atoms with Gasteiger partial charge in [-0.25, -0.2) is 0 Å². The van der Waals surface area contributed by atoms with Crippen LogP contribution in [0.5, 0.6) is 0 Å². The maximum absolute atomic E-state index is 10.7. The molecule has 0 radical (unpaired) electrons. The fraction of sp³-hybridized carbons (Fsp3) is 0.889. The number of rotatable bonds is 8. The zero-order valence-corrected chi connectivity index (χ0v) is 8.25. The Morgan fingerprint density at radius 1 is 1.54 bits per heavy atom.